The molecule has 1 aromatic carbocycles. The summed E-state index contributed by atoms with van der Waals surface area (Å²) in [6, 6.07) is 8.26. The number of para-hydroxylation sites is 1. The van der Waals surface area contributed by atoms with Crippen LogP contribution in [-0.4, -0.2) is 66.1 Å². The molecule has 2 aromatic rings. The van der Waals surface area contributed by atoms with E-state index in [4.69, 9.17) is 4.74 Å². The van der Waals surface area contributed by atoms with Crippen LogP contribution in [0.25, 0.3) is 10.9 Å². The van der Waals surface area contributed by atoms with Gasteiger partial charge in [-0.1, -0.05) is 18.2 Å². The van der Waals surface area contributed by atoms with Crippen LogP contribution in [0.4, 0.5) is 4.39 Å². The van der Waals surface area contributed by atoms with Crippen molar-refractivity contribution in [2.24, 2.45) is 0 Å². The van der Waals surface area contributed by atoms with Crippen molar-refractivity contribution < 1.29 is 13.9 Å². The second kappa shape index (κ2) is 7.68. The Balaban J connectivity index is 1.51. The van der Waals surface area contributed by atoms with E-state index in [1.807, 2.05) is 4.90 Å². The summed E-state index contributed by atoms with van der Waals surface area (Å²) in [7, 11) is 0. The van der Waals surface area contributed by atoms with Gasteiger partial charge >= 0.3 is 0 Å². The number of fused-ring (bicyclic) bond motifs is 1. The average molecular weight is 357 g/mol. The smallest absolute Gasteiger partial charge is 0.272 e. The first-order valence-electron chi connectivity index (χ1n) is 9.39. The SMILES string of the molecule is O=C(c1ccc2cccc(F)c2n1)N1CCCO[C@H](CN2CCCC2)C1. The molecule has 138 valence electrons. The number of pyridine rings is 1. The molecule has 1 aromatic heterocycles. The molecule has 0 aliphatic carbocycles. The minimum absolute atomic E-state index is 0.0248. The first kappa shape index (κ1) is 17.4. The number of rotatable bonds is 3. The fraction of sp³-hybridized carbons (Fsp3) is 0.500. The summed E-state index contributed by atoms with van der Waals surface area (Å²) < 4.78 is 20.0. The normalized spacial score (nSPS) is 21.9. The Labute approximate surface area is 152 Å². The zero-order valence-corrected chi connectivity index (χ0v) is 14.9. The van der Waals surface area contributed by atoms with Gasteiger partial charge in [-0.15, -0.1) is 0 Å². The number of nitrogens with zero attached hydrogens (tertiary/aromatic N) is 3. The van der Waals surface area contributed by atoms with Gasteiger partial charge in [0.05, 0.1) is 6.10 Å². The standard InChI is InChI=1S/C20H24FN3O2/c21-17-6-3-5-15-7-8-18(22-19(15)17)20(25)24-11-4-12-26-16(14-24)13-23-9-1-2-10-23/h3,5-8,16H,1-2,4,9-14H2/t16-/m1/s1. The molecule has 0 saturated carbocycles. The highest BCUT2D eigenvalue weighted by molar-refractivity contribution is 5.95. The van der Waals surface area contributed by atoms with Gasteiger partial charge in [-0.2, -0.15) is 0 Å². The lowest BCUT2D eigenvalue weighted by Crippen LogP contribution is -2.42. The first-order valence-corrected chi connectivity index (χ1v) is 9.39. The first-order chi connectivity index (χ1) is 12.7. The Morgan fingerprint density at radius 3 is 2.85 bits per heavy atom. The van der Waals surface area contributed by atoms with Crippen molar-refractivity contribution in [3.63, 3.8) is 0 Å². The molecule has 1 amide bonds. The van der Waals surface area contributed by atoms with Crippen LogP contribution in [0.15, 0.2) is 30.3 Å². The third-order valence-electron chi connectivity index (χ3n) is 5.19. The van der Waals surface area contributed by atoms with Crippen LogP contribution in [0.1, 0.15) is 29.8 Å². The summed E-state index contributed by atoms with van der Waals surface area (Å²) in [6.45, 7) is 4.96. The minimum atomic E-state index is -0.400. The predicted octanol–water partition coefficient (Wildman–Crippen LogP) is 2.70. The van der Waals surface area contributed by atoms with E-state index in [9.17, 15) is 9.18 Å². The molecule has 2 aliphatic heterocycles. The van der Waals surface area contributed by atoms with Gasteiger partial charge in [0.1, 0.15) is 17.0 Å². The van der Waals surface area contributed by atoms with Crippen LogP contribution >= 0.6 is 0 Å². The molecule has 2 saturated heterocycles. The summed E-state index contributed by atoms with van der Waals surface area (Å²) in [4.78, 5) is 21.5. The van der Waals surface area contributed by atoms with E-state index in [0.29, 0.717) is 30.8 Å². The number of ether oxygens (including phenoxy) is 1. The quantitative estimate of drug-likeness (QED) is 0.847. The van der Waals surface area contributed by atoms with Gasteiger partial charge in [-0.25, -0.2) is 9.37 Å². The van der Waals surface area contributed by atoms with Crippen LogP contribution in [-0.2, 0) is 4.74 Å². The minimum Gasteiger partial charge on any atom is -0.375 e. The van der Waals surface area contributed by atoms with E-state index in [0.717, 1.165) is 26.1 Å². The maximum atomic E-state index is 14.0. The number of hydrogen-bond donors (Lipinski definition) is 0. The molecule has 1 atom stereocenters. The third kappa shape index (κ3) is 3.71. The monoisotopic (exact) mass is 357 g/mol. The van der Waals surface area contributed by atoms with Crippen molar-refractivity contribution >= 4 is 16.8 Å². The van der Waals surface area contributed by atoms with Crippen molar-refractivity contribution in [2.75, 3.05) is 39.3 Å². The molecule has 0 unspecified atom stereocenters. The molecule has 6 heteroatoms. The number of carbonyl (C=O) groups excluding carboxylic acids is 1. The number of amides is 1. The summed E-state index contributed by atoms with van der Waals surface area (Å²) in [6.07, 6.45) is 3.31. The predicted molar refractivity (Wildman–Crippen MR) is 97.6 cm³/mol. The van der Waals surface area contributed by atoms with Crippen molar-refractivity contribution in [3.8, 4) is 0 Å². The molecule has 0 radical (unpaired) electrons. The van der Waals surface area contributed by atoms with E-state index in [1.165, 1.54) is 18.9 Å². The van der Waals surface area contributed by atoms with Gasteiger partial charge in [-0.3, -0.25) is 4.79 Å². The van der Waals surface area contributed by atoms with Crippen molar-refractivity contribution in [1.82, 2.24) is 14.8 Å². The van der Waals surface area contributed by atoms with E-state index >= 15 is 0 Å². The second-order valence-electron chi connectivity index (χ2n) is 7.11. The average Bonchev–Trinajstić information content (AvgIpc) is 3.05. The number of likely N-dealkylation sites (tertiary alicyclic amines) is 1. The molecular weight excluding hydrogens is 333 g/mol. The summed E-state index contributed by atoms with van der Waals surface area (Å²) in [5.41, 5.74) is 0.544. The lowest BCUT2D eigenvalue weighted by atomic mass is 10.2. The maximum Gasteiger partial charge on any atom is 0.272 e. The summed E-state index contributed by atoms with van der Waals surface area (Å²) >= 11 is 0. The molecule has 2 fully saturated rings. The van der Waals surface area contributed by atoms with Crippen LogP contribution < -0.4 is 0 Å². The zero-order chi connectivity index (χ0) is 17.9. The molecule has 5 nitrogen and oxygen atoms in total. The Morgan fingerprint density at radius 1 is 1.15 bits per heavy atom. The molecule has 0 spiro atoms. The molecule has 4 rings (SSSR count). The Morgan fingerprint density at radius 2 is 2.00 bits per heavy atom. The van der Waals surface area contributed by atoms with Gasteiger partial charge in [-0.05, 0) is 44.5 Å². The van der Waals surface area contributed by atoms with Gasteiger partial charge in [0.15, 0.2) is 0 Å². The fourth-order valence-corrected chi connectivity index (χ4v) is 3.84. The second-order valence-corrected chi connectivity index (χ2v) is 7.11. The van der Waals surface area contributed by atoms with Crippen LogP contribution in [0.5, 0.6) is 0 Å². The summed E-state index contributed by atoms with van der Waals surface area (Å²) in [5, 5.41) is 0.702. The fourth-order valence-electron chi connectivity index (χ4n) is 3.84. The van der Waals surface area contributed by atoms with Gasteiger partial charge in [0.2, 0.25) is 0 Å². The van der Waals surface area contributed by atoms with Crippen LogP contribution in [0.2, 0.25) is 0 Å². The van der Waals surface area contributed by atoms with Gasteiger partial charge in [0.25, 0.3) is 5.91 Å². The van der Waals surface area contributed by atoms with Gasteiger partial charge < -0.3 is 14.5 Å². The Hall–Kier alpha value is -2.05. The van der Waals surface area contributed by atoms with E-state index < -0.39 is 5.82 Å². The molecule has 2 aliphatic rings. The highest BCUT2D eigenvalue weighted by atomic mass is 19.1. The van der Waals surface area contributed by atoms with E-state index in [2.05, 4.69) is 9.88 Å². The molecule has 3 heterocycles. The summed E-state index contributed by atoms with van der Waals surface area (Å²) in [5.74, 6) is -0.546. The number of benzene rings is 1. The van der Waals surface area contributed by atoms with E-state index in [-0.39, 0.29) is 17.5 Å². The van der Waals surface area contributed by atoms with Gasteiger partial charge in [0, 0.05) is 31.6 Å². The van der Waals surface area contributed by atoms with Crippen LogP contribution in [0, 0.1) is 5.82 Å². The molecule has 0 N–H and O–H groups in total. The zero-order valence-electron chi connectivity index (χ0n) is 14.9. The highest BCUT2D eigenvalue weighted by Crippen LogP contribution is 2.18. The van der Waals surface area contributed by atoms with Crippen molar-refractivity contribution in [2.45, 2.75) is 25.4 Å². The lowest BCUT2D eigenvalue weighted by Gasteiger charge is -2.26. The van der Waals surface area contributed by atoms with E-state index in [1.54, 1.807) is 24.3 Å². The number of hydrogen-bond acceptors (Lipinski definition) is 4. The van der Waals surface area contributed by atoms with Crippen molar-refractivity contribution in [3.05, 3.63) is 41.8 Å². The lowest BCUT2D eigenvalue weighted by molar-refractivity contribution is 0.0296. The Bertz CT molecular complexity index is 792. The Kier molecular flexibility index (Phi) is 5.13. The third-order valence-corrected chi connectivity index (χ3v) is 5.19. The number of aromatic nitrogens is 1. The highest BCUT2D eigenvalue weighted by Gasteiger charge is 2.26. The molecular formula is C20H24FN3O2. The number of halogens is 1. The van der Waals surface area contributed by atoms with Crippen molar-refractivity contribution in [1.29, 1.82) is 0 Å². The van der Waals surface area contributed by atoms with Crippen LogP contribution in [0.3, 0.4) is 0 Å². The maximum absolute atomic E-state index is 14.0. The molecule has 0 bridgehead atoms. The topological polar surface area (TPSA) is 45.7 Å². The number of carbonyl (C=O) groups is 1. The molecule has 26 heavy (non-hydrogen) atoms. The largest absolute Gasteiger partial charge is 0.375 e.